The molecule has 3 aromatic heterocycles. The highest BCUT2D eigenvalue weighted by atomic mass is 16.3. The number of nitrogens with zero attached hydrogens (tertiary/aromatic N) is 2. The van der Waals surface area contributed by atoms with Gasteiger partial charge in [-0.15, -0.1) is 0 Å². The van der Waals surface area contributed by atoms with Crippen molar-refractivity contribution >= 4 is 72.8 Å². The van der Waals surface area contributed by atoms with Gasteiger partial charge in [-0.25, -0.2) is 0 Å². The molecule has 0 fully saturated rings. The summed E-state index contributed by atoms with van der Waals surface area (Å²) in [6.45, 7) is 8.68. The average molecular weight is 769 g/mol. The van der Waals surface area contributed by atoms with Gasteiger partial charge >= 0.3 is 0 Å². The van der Waals surface area contributed by atoms with Gasteiger partial charge in [0.25, 0.3) is 0 Å². The van der Waals surface area contributed by atoms with Crippen molar-refractivity contribution in [2.24, 2.45) is 16.5 Å². The quantitative estimate of drug-likeness (QED) is 0.119. The lowest BCUT2D eigenvalue weighted by atomic mass is 9.97. The Morgan fingerprint density at radius 3 is 2.08 bits per heavy atom. The minimum atomic E-state index is 0.0800. The van der Waals surface area contributed by atoms with E-state index in [1.165, 1.54) is 10.9 Å². The van der Waals surface area contributed by atoms with E-state index < -0.39 is 0 Å². The van der Waals surface area contributed by atoms with Crippen molar-refractivity contribution in [3.05, 3.63) is 198 Å². The molecule has 0 radical (unpaired) electrons. The predicted octanol–water partition coefficient (Wildman–Crippen LogP) is 13.4. The number of allylic oxidation sites excluding steroid dienone is 1. The molecule has 4 N–H and O–H groups in total. The summed E-state index contributed by atoms with van der Waals surface area (Å²) in [6, 6.07) is 53.8. The third kappa shape index (κ3) is 6.79. The molecule has 288 valence electrons. The number of fused-ring (bicyclic) bond motifs is 7. The average Bonchev–Trinajstić information content (AvgIpc) is 3.96. The second-order valence-corrected chi connectivity index (χ2v) is 14.6. The van der Waals surface area contributed by atoms with Crippen LogP contribution in [0.2, 0.25) is 0 Å². The molecule has 3 heterocycles. The normalized spacial score (nSPS) is 12.5. The number of benzene rings is 7. The molecule has 0 aliphatic carbocycles. The van der Waals surface area contributed by atoms with E-state index in [2.05, 4.69) is 119 Å². The summed E-state index contributed by atoms with van der Waals surface area (Å²) in [7, 11) is 0. The highest BCUT2D eigenvalue weighted by molar-refractivity contribution is 6.15. The highest BCUT2D eigenvalue weighted by Crippen LogP contribution is 2.41. The van der Waals surface area contributed by atoms with Crippen LogP contribution in [0.1, 0.15) is 47.8 Å². The number of hydrogen-bond donors (Lipinski definition) is 2. The molecular weight excluding hydrogens is 725 g/mol. The van der Waals surface area contributed by atoms with Gasteiger partial charge in [0.2, 0.25) is 0 Å². The van der Waals surface area contributed by atoms with Gasteiger partial charge in [0.1, 0.15) is 28.2 Å². The van der Waals surface area contributed by atoms with E-state index in [0.717, 1.165) is 88.6 Å². The van der Waals surface area contributed by atoms with Crippen molar-refractivity contribution < 1.29 is 8.83 Å². The van der Waals surface area contributed by atoms with Crippen molar-refractivity contribution in [3.63, 3.8) is 0 Å². The van der Waals surface area contributed by atoms with Crippen LogP contribution < -0.4 is 11.5 Å². The Morgan fingerprint density at radius 1 is 0.695 bits per heavy atom. The fourth-order valence-corrected chi connectivity index (χ4v) is 8.23. The Morgan fingerprint density at radius 2 is 1.36 bits per heavy atom. The van der Waals surface area contributed by atoms with Crippen LogP contribution in [0.4, 0.5) is 0 Å². The zero-order chi connectivity index (χ0) is 40.5. The maximum absolute atomic E-state index is 6.40. The number of furan rings is 2. The Hall–Kier alpha value is -7.41. The second-order valence-electron chi connectivity index (χ2n) is 14.6. The van der Waals surface area contributed by atoms with E-state index in [4.69, 9.17) is 20.3 Å². The molecule has 1 atom stereocenters. The SMILES string of the molecule is C=Cc1c(/C=C\C)n(-c2ccc3oc4cccc(-c5ccc6oc7cccc(CN)c7c6c5)c4c3c2)c2ccccc12.CC(N=C(N)c1ccccc1)c1ccccc1. The van der Waals surface area contributed by atoms with Gasteiger partial charge in [-0.1, -0.05) is 128 Å². The molecule has 59 heavy (non-hydrogen) atoms. The van der Waals surface area contributed by atoms with Crippen molar-refractivity contribution in [3.8, 4) is 16.8 Å². The predicted molar refractivity (Wildman–Crippen MR) is 248 cm³/mol. The molecular formula is C53H44N4O2. The smallest absolute Gasteiger partial charge is 0.136 e. The highest BCUT2D eigenvalue weighted by Gasteiger charge is 2.19. The molecule has 1 unspecified atom stereocenters. The minimum absolute atomic E-state index is 0.0800. The van der Waals surface area contributed by atoms with E-state index in [1.54, 1.807) is 0 Å². The number of hydrogen-bond acceptors (Lipinski definition) is 4. The molecule has 6 nitrogen and oxygen atoms in total. The second kappa shape index (κ2) is 15.9. The van der Waals surface area contributed by atoms with E-state index >= 15 is 0 Å². The third-order valence-electron chi connectivity index (χ3n) is 11.0. The molecule has 7 aromatic carbocycles. The lowest BCUT2D eigenvalue weighted by molar-refractivity contribution is 0.668. The first-order valence-corrected chi connectivity index (χ1v) is 19.9. The van der Waals surface area contributed by atoms with Gasteiger partial charge in [-0.2, -0.15) is 0 Å². The van der Waals surface area contributed by atoms with Crippen LogP contribution in [0.25, 0.3) is 83.7 Å². The van der Waals surface area contributed by atoms with Crippen molar-refractivity contribution in [2.45, 2.75) is 26.4 Å². The van der Waals surface area contributed by atoms with Gasteiger partial charge in [0.15, 0.2) is 0 Å². The number of para-hydroxylation sites is 1. The fourth-order valence-electron chi connectivity index (χ4n) is 8.23. The zero-order valence-electron chi connectivity index (χ0n) is 33.1. The summed E-state index contributed by atoms with van der Waals surface area (Å²) >= 11 is 0. The lowest BCUT2D eigenvalue weighted by Gasteiger charge is -2.10. The van der Waals surface area contributed by atoms with Gasteiger partial charge in [-0.05, 0) is 90.7 Å². The zero-order valence-corrected chi connectivity index (χ0v) is 33.1. The van der Waals surface area contributed by atoms with Crippen LogP contribution in [0.3, 0.4) is 0 Å². The summed E-state index contributed by atoms with van der Waals surface area (Å²) < 4.78 is 14.9. The van der Waals surface area contributed by atoms with Crippen molar-refractivity contribution in [1.29, 1.82) is 0 Å². The molecule has 0 bridgehead atoms. The van der Waals surface area contributed by atoms with E-state index in [-0.39, 0.29) is 6.04 Å². The number of amidine groups is 1. The van der Waals surface area contributed by atoms with Gasteiger partial charge < -0.3 is 24.9 Å². The maximum atomic E-state index is 6.40. The summed E-state index contributed by atoms with van der Waals surface area (Å²) in [5.41, 5.74) is 25.4. The molecule has 0 saturated heterocycles. The van der Waals surface area contributed by atoms with Crippen LogP contribution in [-0.4, -0.2) is 10.4 Å². The molecule has 6 heteroatoms. The van der Waals surface area contributed by atoms with Crippen LogP contribution in [0.15, 0.2) is 184 Å². The van der Waals surface area contributed by atoms with Gasteiger partial charge in [-0.3, -0.25) is 4.99 Å². The minimum Gasteiger partial charge on any atom is -0.456 e. The topological polar surface area (TPSA) is 95.6 Å². The summed E-state index contributed by atoms with van der Waals surface area (Å²) in [6.07, 6.45) is 6.18. The third-order valence-corrected chi connectivity index (χ3v) is 11.0. The molecule has 0 spiro atoms. The van der Waals surface area contributed by atoms with Crippen LogP contribution in [-0.2, 0) is 6.54 Å². The number of aliphatic imine (C=N–C) groups is 1. The monoisotopic (exact) mass is 768 g/mol. The molecule has 10 aromatic rings. The molecule has 0 amide bonds. The maximum Gasteiger partial charge on any atom is 0.136 e. The van der Waals surface area contributed by atoms with Crippen molar-refractivity contribution in [1.82, 2.24) is 4.57 Å². The number of aromatic nitrogens is 1. The standard InChI is InChI=1S/C38H28N2O2.C15H16N2/c1-3-9-31-26(4-2)28-11-5-6-13-32(28)40(31)25-17-19-34-30(21-25)38-27(12-8-15-36(38)42-34)23-16-18-33-29(20-23)37-24(22-39)10-7-14-35(37)41-33;1-12(13-8-4-2-5-9-13)17-15(16)14-10-6-3-7-11-14/h3-21H,2,22,39H2,1H3;2-12H,1H3,(H2,16,17)/b9-3-;. The van der Waals surface area contributed by atoms with E-state index in [1.807, 2.05) is 86.7 Å². The van der Waals surface area contributed by atoms with Crippen LogP contribution in [0.5, 0.6) is 0 Å². The molecule has 0 saturated carbocycles. The Balaban J connectivity index is 0.000000222. The lowest BCUT2D eigenvalue weighted by Crippen LogP contribution is -2.14. The van der Waals surface area contributed by atoms with Crippen molar-refractivity contribution in [2.75, 3.05) is 0 Å². The largest absolute Gasteiger partial charge is 0.456 e. The van der Waals surface area contributed by atoms with Gasteiger partial charge in [0.05, 0.1) is 17.3 Å². The first-order valence-electron chi connectivity index (χ1n) is 19.9. The first kappa shape index (κ1) is 37.2. The summed E-state index contributed by atoms with van der Waals surface area (Å²) in [5.74, 6) is 0.585. The Kier molecular flexibility index (Phi) is 9.99. The van der Waals surface area contributed by atoms with E-state index in [0.29, 0.717) is 12.4 Å². The van der Waals surface area contributed by atoms with Crippen LogP contribution in [0, 0.1) is 0 Å². The number of rotatable bonds is 8. The van der Waals surface area contributed by atoms with E-state index in [9.17, 15) is 0 Å². The molecule has 10 rings (SSSR count). The molecule has 0 aliphatic heterocycles. The summed E-state index contributed by atoms with van der Waals surface area (Å²) in [4.78, 5) is 4.51. The molecule has 0 aliphatic rings. The Labute approximate surface area is 343 Å². The fraction of sp³-hybridized carbons (Fsp3) is 0.0755. The van der Waals surface area contributed by atoms with Gasteiger partial charge in [0, 0.05) is 50.3 Å². The van der Waals surface area contributed by atoms with Crippen LogP contribution >= 0.6 is 0 Å². The first-order chi connectivity index (χ1) is 29.0. The summed E-state index contributed by atoms with van der Waals surface area (Å²) in [5, 5.41) is 5.49. The number of nitrogens with two attached hydrogens (primary N) is 2. The Bertz CT molecular complexity index is 3200.